The third-order valence-electron chi connectivity index (χ3n) is 8.70. The minimum atomic E-state index is -0.775. The van der Waals surface area contributed by atoms with Crippen molar-refractivity contribution in [2.45, 2.75) is 89.3 Å². The van der Waals surface area contributed by atoms with Gasteiger partial charge in [0.25, 0.3) is 0 Å². The van der Waals surface area contributed by atoms with Crippen molar-refractivity contribution in [2.75, 3.05) is 61.0 Å². The number of benzene rings is 2. The van der Waals surface area contributed by atoms with E-state index in [9.17, 15) is 24.0 Å². The monoisotopic (exact) mass is 856 g/mol. The van der Waals surface area contributed by atoms with Crippen LogP contribution in [-0.2, 0) is 47.5 Å². The van der Waals surface area contributed by atoms with Gasteiger partial charge in [0.15, 0.2) is 0 Å². The van der Waals surface area contributed by atoms with Crippen molar-refractivity contribution < 1.29 is 71.3 Å². The largest absolute Gasteiger partial charge is 0.513 e. The molecule has 0 aromatic heterocycles. The number of unbranched alkanes of at least 4 members (excludes halogenated alkanes) is 5. The van der Waals surface area contributed by atoms with Crippen molar-refractivity contribution in [3.05, 3.63) is 92.1 Å². The van der Waals surface area contributed by atoms with E-state index in [1.165, 1.54) is 6.08 Å². The maximum atomic E-state index is 11.7. The van der Waals surface area contributed by atoms with Crippen LogP contribution in [0.25, 0.3) is 0 Å². The molecule has 1 aliphatic carbocycles. The SMILES string of the molecule is C=CC(=O)OCCCCCCOC1CCC(OC)CC1.C=CC(=O)OCCCCOC(=O)Oc1ccc(OC)cc1.C=CC(=O)OCCCCOC(=O)c1ccc(OC)cc1. The van der Waals surface area contributed by atoms with Crippen LogP contribution < -0.4 is 14.2 Å². The van der Waals surface area contributed by atoms with Crippen molar-refractivity contribution in [2.24, 2.45) is 0 Å². The smallest absolute Gasteiger partial charge is 0.497 e. The van der Waals surface area contributed by atoms with Gasteiger partial charge in [0.05, 0.1) is 65.0 Å². The van der Waals surface area contributed by atoms with Crippen LogP contribution in [0.2, 0.25) is 0 Å². The second kappa shape index (κ2) is 35.1. The van der Waals surface area contributed by atoms with Gasteiger partial charge in [-0.1, -0.05) is 26.2 Å². The number of esters is 4. The van der Waals surface area contributed by atoms with Crippen molar-refractivity contribution in [1.29, 1.82) is 0 Å². The minimum Gasteiger partial charge on any atom is -0.497 e. The summed E-state index contributed by atoms with van der Waals surface area (Å²) in [7, 11) is 4.90. The quantitative estimate of drug-likeness (QED) is 0.0290. The highest BCUT2D eigenvalue weighted by molar-refractivity contribution is 5.89. The highest BCUT2D eigenvalue weighted by Crippen LogP contribution is 2.23. The fourth-order valence-corrected chi connectivity index (χ4v) is 5.25. The molecule has 0 saturated heterocycles. The van der Waals surface area contributed by atoms with Crippen LogP contribution in [0.5, 0.6) is 17.2 Å². The Labute approximate surface area is 360 Å². The number of ether oxygens (including phenoxy) is 10. The lowest BCUT2D eigenvalue weighted by molar-refractivity contribution is -0.138. The molecule has 0 atom stereocenters. The average molecular weight is 857 g/mol. The summed E-state index contributed by atoms with van der Waals surface area (Å²) in [5.41, 5.74) is 0.476. The first-order chi connectivity index (χ1) is 29.6. The molecular weight excluding hydrogens is 792 g/mol. The first-order valence-corrected chi connectivity index (χ1v) is 20.4. The lowest BCUT2D eigenvalue weighted by atomic mass is 9.95. The summed E-state index contributed by atoms with van der Waals surface area (Å²) in [4.78, 5) is 55.3. The normalized spacial score (nSPS) is 13.8. The summed E-state index contributed by atoms with van der Waals surface area (Å²) in [6.07, 6.45) is 14.6. The molecule has 2 aromatic carbocycles. The van der Waals surface area contributed by atoms with Crippen LogP contribution in [0, 0.1) is 0 Å². The zero-order valence-corrected chi connectivity index (χ0v) is 36.0. The third-order valence-corrected chi connectivity index (χ3v) is 8.70. The molecule has 0 spiro atoms. The molecule has 0 N–H and O–H groups in total. The van der Waals surface area contributed by atoms with Crippen molar-refractivity contribution in [3.63, 3.8) is 0 Å². The lowest BCUT2D eigenvalue weighted by Gasteiger charge is -2.27. The van der Waals surface area contributed by atoms with Gasteiger partial charge < -0.3 is 47.4 Å². The lowest BCUT2D eigenvalue weighted by Crippen LogP contribution is -2.25. The third kappa shape index (κ3) is 27.7. The summed E-state index contributed by atoms with van der Waals surface area (Å²) >= 11 is 0. The Morgan fingerprint density at radius 2 is 0.869 bits per heavy atom. The Bertz CT molecular complexity index is 1550. The van der Waals surface area contributed by atoms with Gasteiger partial charge in [-0.2, -0.15) is 0 Å². The van der Waals surface area contributed by atoms with E-state index in [1.807, 2.05) is 0 Å². The fraction of sp³-hybridized carbons (Fsp3) is 0.500. The summed E-state index contributed by atoms with van der Waals surface area (Å²) in [5.74, 6) is 0.113. The number of rotatable bonds is 26. The van der Waals surface area contributed by atoms with Gasteiger partial charge in [-0.25, -0.2) is 24.0 Å². The molecule has 1 aliphatic rings. The van der Waals surface area contributed by atoms with Gasteiger partial charge in [0, 0.05) is 31.9 Å². The van der Waals surface area contributed by atoms with Gasteiger partial charge in [0.1, 0.15) is 17.2 Å². The molecule has 3 rings (SSSR count). The maximum Gasteiger partial charge on any atom is 0.513 e. The molecule has 0 unspecified atom stereocenters. The summed E-state index contributed by atoms with van der Waals surface area (Å²) in [5, 5.41) is 0. The Morgan fingerprint density at radius 3 is 1.31 bits per heavy atom. The molecule has 0 heterocycles. The summed E-state index contributed by atoms with van der Waals surface area (Å²) < 4.78 is 50.6. The van der Waals surface area contributed by atoms with E-state index in [2.05, 4.69) is 19.7 Å². The molecule has 0 radical (unpaired) electrons. The molecule has 1 saturated carbocycles. The molecule has 1 fully saturated rings. The average Bonchev–Trinajstić information content (AvgIpc) is 3.29. The standard InChI is InChI=1S/C16H28O4.C15H18O6.C15H18O5/c1-3-16(17)20-13-7-5-4-6-12-19-15-10-8-14(18-2)9-11-15;1-3-14(16)19-10-4-5-11-20-15(17)21-13-8-6-12(18-2)7-9-13;1-3-14(16)19-10-4-5-11-20-15(17)12-6-8-13(18-2)9-7-12/h3,14-15H,1,4-13H2,2H3;3,6-9H,1,4-5,10-11H2,2H3;3,6-9H,1,4-5,10-11H2,2H3. The summed E-state index contributed by atoms with van der Waals surface area (Å²) in [6.45, 7) is 12.3. The van der Waals surface area contributed by atoms with Crippen LogP contribution in [0.4, 0.5) is 4.79 Å². The van der Waals surface area contributed by atoms with E-state index in [4.69, 9.17) is 47.4 Å². The van der Waals surface area contributed by atoms with E-state index in [-0.39, 0.29) is 31.8 Å². The van der Waals surface area contributed by atoms with Crippen molar-refractivity contribution in [1.82, 2.24) is 0 Å². The molecule has 2 aromatic rings. The Morgan fingerprint density at radius 1 is 0.492 bits per heavy atom. The van der Waals surface area contributed by atoms with Gasteiger partial charge in [0.2, 0.25) is 0 Å². The minimum absolute atomic E-state index is 0.195. The van der Waals surface area contributed by atoms with Crippen LogP contribution in [-0.4, -0.2) is 103 Å². The predicted molar refractivity (Wildman–Crippen MR) is 228 cm³/mol. The molecule has 0 aliphatic heterocycles. The second-order valence-corrected chi connectivity index (χ2v) is 13.2. The van der Waals surface area contributed by atoms with Crippen LogP contribution in [0.15, 0.2) is 86.5 Å². The zero-order chi connectivity index (χ0) is 44.9. The summed E-state index contributed by atoms with van der Waals surface area (Å²) in [6, 6.07) is 13.3. The number of carbonyl (C=O) groups excluding carboxylic acids is 5. The molecule has 0 bridgehead atoms. The predicted octanol–water partition coefficient (Wildman–Crippen LogP) is 8.33. The van der Waals surface area contributed by atoms with Gasteiger partial charge in [-0.3, -0.25) is 0 Å². The van der Waals surface area contributed by atoms with Gasteiger partial charge in [-0.05, 0) is 119 Å². The highest BCUT2D eigenvalue weighted by atomic mass is 16.7. The number of hydrogen-bond acceptors (Lipinski definition) is 15. The van der Waals surface area contributed by atoms with E-state index in [0.717, 1.165) is 70.1 Å². The van der Waals surface area contributed by atoms with Gasteiger partial charge >= 0.3 is 30.0 Å². The zero-order valence-electron chi connectivity index (χ0n) is 36.0. The van der Waals surface area contributed by atoms with Crippen LogP contribution >= 0.6 is 0 Å². The van der Waals surface area contributed by atoms with E-state index in [1.54, 1.807) is 69.9 Å². The molecule has 15 nitrogen and oxygen atoms in total. The van der Waals surface area contributed by atoms with Crippen molar-refractivity contribution >= 4 is 30.0 Å². The maximum absolute atomic E-state index is 11.7. The van der Waals surface area contributed by atoms with E-state index in [0.29, 0.717) is 73.9 Å². The first kappa shape index (κ1) is 53.3. The first-order valence-electron chi connectivity index (χ1n) is 20.4. The highest BCUT2D eigenvalue weighted by Gasteiger charge is 2.21. The Hall–Kier alpha value is -5.67. The fourth-order valence-electron chi connectivity index (χ4n) is 5.25. The topological polar surface area (TPSA) is 178 Å². The Kier molecular flexibility index (Phi) is 30.7. The molecule has 15 heteroatoms. The van der Waals surface area contributed by atoms with Crippen LogP contribution in [0.1, 0.15) is 87.4 Å². The molecule has 61 heavy (non-hydrogen) atoms. The number of carbonyl (C=O) groups is 5. The van der Waals surface area contributed by atoms with Gasteiger partial charge in [-0.15, -0.1) is 0 Å². The molecule has 0 amide bonds. The second-order valence-electron chi connectivity index (χ2n) is 13.2. The number of hydrogen-bond donors (Lipinski definition) is 0. The van der Waals surface area contributed by atoms with Crippen LogP contribution in [0.3, 0.4) is 0 Å². The number of methoxy groups -OCH3 is 3. The Balaban J connectivity index is 0.000000458. The van der Waals surface area contributed by atoms with E-state index >= 15 is 0 Å². The van der Waals surface area contributed by atoms with Crippen molar-refractivity contribution in [3.8, 4) is 17.2 Å². The molecular formula is C46H64O15. The van der Waals surface area contributed by atoms with E-state index < -0.39 is 18.1 Å². The molecule has 338 valence electrons.